The average molecular weight is 355 g/mol. The van der Waals surface area contributed by atoms with Gasteiger partial charge in [0.2, 0.25) is 23.6 Å². The topological polar surface area (TPSA) is 95.6 Å². The molecule has 26 heavy (non-hydrogen) atoms. The number of hydrogen-bond acceptors (Lipinski definition) is 4. The van der Waals surface area contributed by atoms with Gasteiger partial charge in [0, 0.05) is 31.3 Å². The highest BCUT2D eigenvalue weighted by Gasteiger charge is 2.46. The SMILES string of the molecule is CC(=O)Nc1ccc(NC(=O)CCN2C(=O)[C@H]3CC=CC[C@@H]3C2=O)cc1. The molecule has 0 spiro atoms. The summed E-state index contributed by atoms with van der Waals surface area (Å²) >= 11 is 0. The van der Waals surface area contributed by atoms with Gasteiger partial charge in [-0.1, -0.05) is 12.2 Å². The first-order chi connectivity index (χ1) is 12.5. The Labute approximate surface area is 151 Å². The van der Waals surface area contributed by atoms with Crippen LogP contribution in [0.5, 0.6) is 0 Å². The number of hydrogen-bond donors (Lipinski definition) is 2. The van der Waals surface area contributed by atoms with Crippen molar-refractivity contribution in [3.63, 3.8) is 0 Å². The van der Waals surface area contributed by atoms with Crippen molar-refractivity contribution in [1.29, 1.82) is 0 Å². The van der Waals surface area contributed by atoms with E-state index < -0.39 is 0 Å². The number of imide groups is 1. The minimum Gasteiger partial charge on any atom is -0.326 e. The van der Waals surface area contributed by atoms with Crippen LogP contribution in [0.3, 0.4) is 0 Å². The second-order valence-corrected chi connectivity index (χ2v) is 6.54. The quantitative estimate of drug-likeness (QED) is 0.623. The van der Waals surface area contributed by atoms with Crippen molar-refractivity contribution in [2.24, 2.45) is 11.8 Å². The maximum atomic E-state index is 12.4. The normalized spacial score (nSPS) is 21.5. The number of carbonyl (C=O) groups is 4. The molecular formula is C19H21N3O4. The van der Waals surface area contributed by atoms with Crippen molar-refractivity contribution in [3.05, 3.63) is 36.4 Å². The van der Waals surface area contributed by atoms with Gasteiger partial charge in [-0.25, -0.2) is 0 Å². The first-order valence-corrected chi connectivity index (χ1v) is 8.63. The van der Waals surface area contributed by atoms with Crippen LogP contribution in [0.4, 0.5) is 11.4 Å². The Kier molecular flexibility index (Phi) is 5.16. The lowest BCUT2D eigenvalue weighted by atomic mass is 9.85. The molecule has 0 radical (unpaired) electrons. The third kappa shape index (κ3) is 3.82. The first-order valence-electron chi connectivity index (χ1n) is 8.63. The summed E-state index contributed by atoms with van der Waals surface area (Å²) < 4.78 is 0. The van der Waals surface area contributed by atoms with Crippen LogP contribution in [0.25, 0.3) is 0 Å². The monoisotopic (exact) mass is 355 g/mol. The smallest absolute Gasteiger partial charge is 0.233 e. The minimum atomic E-state index is -0.272. The third-order valence-electron chi connectivity index (χ3n) is 4.65. The average Bonchev–Trinajstić information content (AvgIpc) is 2.86. The van der Waals surface area contributed by atoms with Gasteiger partial charge in [-0.3, -0.25) is 24.1 Å². The zero-order valence-corrected chi connectivity index (χ0v) is 14.5. The molecule has 2 aliphatic rings. The summed E-state index contributed by atoms with van der Waals surface area (Å²) in [6.45, 7) is 1.52. The molecule has 0 aromatic heterocycles. The summed E-state index contributed by atoms with van der Waals surface area (Å²) in [5.41, 5.74) is 1.22. The Morgan fingerprint density at radius 2 is 1.46 bits per heavy atom. The zero-order chi connectivity index (χ0) is 18.7. The Morgan fingerprint density at radius 3 is 1.96 bits per heavy atom. The molecule has 2 atom stereocenters. The van der Waals surface area contributed by atoms with Crippen molar-refractivity contribution in [3.8, 4) is 0 Å². The van der Waals surface area contributed by atoms with Gasteiger partial charge in [-0.2, -0.15) is 0 Å². The van der Waals surface area contributed by atoms with Gasteiger partial charge in [0.05, 0.1) is 11.8 Å². The van der Waals surface area contributed by atoms with Crippen molar-refractivity contribution in [2.45, 2.75) is 26.2 Å². The molecule has 0 unspecified atom stereocenters. The molecule has 136 valence electrons. The van der Waals surface area contributed by atoms with E-state index in [-0.39, 0.29) is 48.4 Å². The second kappa shape index (κ2) is 7.51. The van der Waals surface area contributed by atoms with E-state index >= 15 is 0 Å². The van der Waals surface area contributed by atoms with E-state index in [0.717, 1.165) is 0 Å². The minimum absolute atomic E-state index is 0.0534. The molecule has 1 aromatic carbocycles. The highest BCUT2D eigenvalue weighted by atomic mass is 16.2. The fraction of sp³-hybridized carbons (Fsp3) is 0.368. The maximum Gasteiger partial charge on any atom is 0.233 e. The van der Waals surface area contributed by atoms with E-state index in [0.29, 0.717) is 24.2 Å². The van der Waals surface area contributed by atoms with E-state index in [4.69, 9.17) is 0 Å². The first kappa shape index (κ1) is 17.8. The molecule has 3 rings (SSSR count). The fourth-order valence-corrected chi connectivity index (χ4v) is 3.37. The van der Waals surface area contributed by atoms with Gasteiger partial charge in [0.25, 0.3) is 0 Å². The molecule has 1 fully saturated rings. The summed E-state index contributed by atoms with van der Waals surface area (Å²) in [5.74, 6) is -1.31. The number of rotatable bonds is 5. The van der Waals surface area contributed by atoms with Gasteiger partial charge in [-0.05, 0) is 37.1 Å². The standard InChI is InChI=1S/C19H21N3O4/c1-12(23)20-13-6-8-14(9-7-13)21-17(24)10-11-22-18(25)15-4-2-3-5-16(15)19(22)26/h2-3,6-9,15-16H,4-5,10-11H2,1H3,(H,20,23)(H,21,24)/t15-,16-/m0/s1. The van der Waals surface area contributed by atoms with E-state index in [9.17, 15) is 19.2 Å². The number of amides is 4. The number of allylic oxidation sites excluding steroid dienone is 2. The number of nitrogens with zero attached hydrogens (tertiary/aromatic N) is 1. The lowest BCUT2D eigenvalue weighted by Crippen LogP contribution is -2.34. The van der Waals surface area contributed by atoms with E-state index in [1.54, 1.807) is 24.3 Å². The number of benzene rings is 1. The summed E-state index contributed by atoms with van der Waals surface area (Å²) in [6, 6.07) is 6.72. The largest absolute Gasteiger partial charge is 0.326 e. The molecule has 0 saturated carbocycles. The van der Waals surface area contributed by atoms with Gasteiger partial charge in [-0.15, -0.1) is 0 Å². The van der Waals surface area contributed by atoms with E-state index in [2.05, 4.69) is 10.6 Å². The highest BCUT2D eigenvalue weighted by molar-refractivity contribution is 6.05. The van der Waals surface area contributed by atoms with Crippen LogP contribution in [0.1, 0.15) is 26.2 Å². The Morgan fingerprint density at radius 1 is 0.962 bits per heavy atom. The van der Waals surface area contributed by atoms with Gasteiger partial charge < -0.3 is 10.6 Å². The molecule has 7 nitrogen and oxygen atoms in total. The molecule has 1 aliphatic heterocycles. The van der Waals surface area contributed by atoms with Gasteiger partial charge in [0.1, 0.15) is 0 Å². The van der Waals surface area contributed by atoms with Crippen LogP contribution in [-0.4, -0.2) is 35.1 Å². The van der Waals surface area contributed by atoms with Gasteiger partial charge in [0.15, 0.2) is 0 Å². The Bertz CT molecular complexity index is 743. The van der Waals surface area contributed by atoms with Crippen LogP contribution >= 0.6 is 0 Å². The number of carbonyl (C=O) groups excluding carboxylic acids is 4. The van der Waals surface area contributed by atoms with Crippen LogP contribution in [0, 0.1) is 11.8 Å². The van der Waals surface area contributed by atoms with E-state index in [1.165, 1.54) is 11.8 Å². The predicted molar refractivity (Wildman–Crippen MR) is 96.1 cm³/mol. The molecule has 4 amide bonds. The molecule has 2 N–H and O–H groups in total. The molecule has 1 aromatic rings. The predicted octanol–water partition coefficient (Wildman–Crippen LogP) is 1.92. The molecule has 7 heteroatoms. The zero-order valence-electron chi connectivity index (χ0n) is 14.5. The molecular weight excluding hydrogens is 334 g/mol. The summed E-state index contributed by atoms with van der Waals surface area (Å²) in [4.78, 5) is 49.0. The molecule has 1 saturated heterocycles. The van der Waals surface area contributed by atoms with Crippen molar-refractivity contribution in [1.82, 2.24) is 4.90 Å². The number of fused-ring (bicyclic) bond motifs is 1. The van der Waals surface area contributed by atoms with Crippen LogP contribution in [-0.2, 0) is 19.2 Å². The molecule has 1 aliphatic carbocycles. The van der Waals surface area contributed by atoms with Crippen molar-refractivity contribution in [2.75, 3.05) is 17.2 Å². The summed E-state index contributed by atoms with van der Waals surface area (Å²) in [5, 5.41) is 5.37. The Hall–Kier alpha value is -2.96. The number of likely N-dealkylation sites (tertiary alicyclic amines) is 1. The van der Waals surface area contributed by atoms with Crippen molar-refractivity contribution < 1.29 is 19.2 Å². The molecule has 0 bridgehead atoms. The summed E-state index contributed by atoms with van der Waals surface area (Å²) in [6.07, 6.45) is 5.12. The third-order valence-corrected chi connectivity index (χ3v) is 4.65. The second-order valence-electron chi connectivity index (χ2n) is 6.54. The Balaban J connectivity index is 1.52. The lowest BCUT2D eigenvalue weighted by molar-refractivity contribution is -0.140. The lowest BCUT2D eigenvalue weighted by Gasteiger charge is -2.14. The van der Waals surface area contributed by atoms with Crippen molar-refractivity contribution >= 4 is 35.0 Å². The van der Waals surface area contributed by atoms with Crippen LogP contribution in [0.2, 0.25) is 0 Å². The maximum absolute atomic E-state index is 12.4. The van der Waals surface area contributed by atoms with Gasteiger partial charge >= 0.3 is 0 Å². The highest BCUT2D eigenvalue weighted by Crippen LogP contribution is 2.35. The number of nitrogens with one attached hydrogen (secondary N) is 2. The van der Waals surface area contributed by atoms with Crippen LogP contribution < -0.4 is 10.6 Å². The van der Waals surface area contributed by atoms with E-state index in [1.807, 2.05) is 12.2 Å². The van der Waals surface area contributed by atoms with Crippen LogP contribution in [0.15, 0.2) is 36.4 Å². The molecule has 1 heterocycles. The summed E-state index contributed by atoms with van der Waals surface area (Å²) in [7, 11) is 0. The number of anilines is 2. The fourth-order valence-electron chi connectivity index (χ4n) is 3.37.